The van der Waals surface area contributed by atoms with E-state index in [0.29, 0.717) is 31.1 Å². The fourth-order valence-electron chi connectivity index (χ4n) is 4.93. The zero-order valence-electron chi connectivity index (χ0n) is 16.2. The molecule has 3 aromatic rings. The van der Waals surface area contributed by atoms with Crippen LogP contribution in [0.4, 0.5) is 14.6 Å². The molecule has 3 N–H and O–H groups in total. The van der Waals surface area contributed by atoms with Gasteiger partial charge < -0.3 is 15.4 Å². The Balaban J connectivity index is 1.24. The molecule has 6 nitrogen and oxygen atoms in total. The number of nitrogens with zero attached hydrogens (tertiary/aromatic N) is 2. The maximum absolute atomic E-state index is 14.0. The Morgan fingerprint density at radius 1 is 1.10 bits per heavy atom. The Kier molecular flexibility index (Phi) is 3.86. The lowest BCUT2D eigenvalue weighted by Gasteiger charge is -2.30. The summed E-state index contributed by atoms with van der Waals surface area (Å²) in [5.74, 6) is -1.38. The van der Waals surface area contributed by atoms with E-state index in [4.69, 9.17) is 4.74 Å². The van der Waals surface area contributed by atoms with Gasteiger partial charge in [0.25, 0.3) is 5.92 Å². The van der Waals surface area contributed by atoms with Crippen molar-refractivity contribution in [2.45, 2.75) is 49.9 Å². The molecule has 2 bridgehead atoms. The number of piperidine rings is 1. The number of benzene rings is 1. The van der Waals surface area contributed by atoms with E-state index in [1.807, 2.05) is 18.3 Å². The van der Waals surface area contributed by atoms with Gasteiger partial charge in [-0.15, -0.1) is 0 Å². The SMILES string of the molecule is FC1(F)CC2CC(Nc3ccc4c(n3)OCc3cc(-c5cn[nH]c5)ccc3-4)CC1N2. The maximum atomic E-state index is 14.0. The van der Waals surface area contributed by atoms with Gasteiger partial charge in [-0.3, -0.25) is 5.10 Å². The normalized spacial score (nSPS) is 25.9. The first-order chi connectivity index (χ1) is 14.5. The van der Waals surface area contributed by atoms with Crippen LogP contribution in [0.1, 0.15) is 24.8 Å². The average Bonchev–Trinajstić information content (AvgIpc) is 3.34. The van der Waals surface area contributed by atoms with Gasteiger partial charge in [0, 0.05) is 35.8 Å². The van der Waals surface area contributed by atoms with E-state index < -0.39 is 12.0 Å². The monoisotopic (exact) mass is 409 g/mol. The lowest BCUT2D eigenvalue weighted by Crippen LogP contribution is -2.46. The summed E-state index contributed by atoms with van der Waals surface area (Å²) in [6, 6.07) is 9.25. The summed E-state index contributed by atoms with van der Waals surface area (Å²) in [5.41, 5.74) is 5.25. The van der Waals surface area contributed by atoms with Gasteiger partial charge in [-0.2, -0.15) is 10.1 Å². The number of aromatic amines is 1. The third-order valence-corrected chi connectivity index (χ3v) is 6.36. The number of rotatable bonds is 3. The van der Waals surface area contributed by atoms with Gasteiger partial charge in [0.2, 0.25) is 5.88 Å². The Bertz CT molecular complexity index is 1100. The van der Waals surface area contributed by atoms with Crippen molar-refractivity contribution in [2.24, 2.45) is 0 Å². The second kappa shape index (κ2) is 6.50. The van der Waals surface area contributed by atoms with Crippen molar-refractivity contribution in [2.75, 3.05) is 5.32 Å². The van der Waals surface area contributed by atoms with Crippen molar-refractivity contribution in [1.29, 1.82) is 0 Å². The molecule has 0 radical (unpaired) electrons. The molecule has 1 aromatic carbocycles. The predicted octanol–water partition coefficient (Wildman–Crippen LogP) is 3.97. The molecule has 0 saturated carbocycles. The van der Waals surface area contributed by atoms with E-state index in [2.05, 4.69) is 44.0 Å². The number of hydrogen-bond donors (Lipinski definition) is 3. The van der Waals surface area contributed by atoms with Gasteiger partial charge in [0.05, 0.1) is 12.2 Å². The van der Waals surface area contributed by atoms with Crippen LogP contribution in [-0.2, 0) is 6.61 Å². The highest BCUT2D eigenvalue weighted by Gasteiger charge is 2.52. The van der Waals surface area contributed by atoms with E-state index in [9.17, 15) is 8.78 Å². The minimum atomic E-state index is -2.62. The summed E-state index contributed by atoms with van der Waals surface area (Å²) in [7, 11) is 0. The van der Waals surface area contributed by atoms with Crippen molar-refractivity contribution < 1.29 is 13.5 Å². The topological polar surface area (TPSA) is 74.9 Å². The number of ether oxygens (including phenoxy) is 1. The molecule has 8 heteroatoms. The Hall–Kier alpha value is -3.00. The van der Waals surface area contributed by atoms with Gasteiger partial charge in [-0.05, 0) is 47.7 Å². The quantitative estimate of drug-likeness (QED) is 0.610. The molecular weight excluding hydrogens is 388 g/mol. The Labute approximate surface area is 172 Å². The number of nitrogens with one attached hydrogen (secondary N) is 3. The first-order valence-electron chi connectivity index (χ1n) is 10.2. The van der Waals surface area contributed by atoms with Crippen molar-refractivity contribution >= 4 is 5.82 Å². The highest BCUT2D eigenvalue weighted by Crippen LogP contribution is 2.41. The number of H-pyrrole nitrogens is 1. The minimum absolute atomic E-state index is 0.0198. The van der Waals surface area contributed by atoms with Crippen LogP contribution in [0, 0.1) is 0 Å². The first kappa shape index (κ1) is 17.8. The molecule has 3 aliphatic heterocycles. The molecule has 3 unspecified atom stereocenters. The van der Waals surface area contributed by atoms with E-state index >= 15 is 0 Å². The number of pyridine rings is 1. The number of hydrogen-bond acceptors (Lipinski definition) is 5. The molecule has 3 atom stereocenters. The molecule has 5 heterocycles. The maximum Gasteiger partial charge on any atom is 0.264 e. The fourth-order valence-corrected chi connectivity index (χ4v) is 4.93. The number of alkyl halides is 2. The highest BCUT2D eigenvalue weighted by atomic mass is 19.3. The third kappa shape index (κ3) is 2.94. The molecule has 3 aliphatic rings. The number of anilines is 1. The standard InChI is InChI=1S/C22H21F2N5O/c23-22(24)8-16-6-15(7-19(22)27-16)28-20-4-3-18-17-2-1-12(14-9-25-26-10-14)5-13(17)11-30-21(18)29-20/h1-5,9-10,15-16,19,27H,6-8,11H2,(H,25,26)(H,28,29). The molecule has 2 fully saturated rings. The van der Waals surface area contributed by atoms with E-state index in [1.54, 1.807) is 6.20 Å². The summed E-state index contributed by atoms with van der Waals surface area (Å²) in [6.45, 7) is 0.439. The third-order valence-electron chi connectivity index (χ3n) is 6.36. The van der Waals surface area contributed by atoms with Crippen molar-refractivity contribution in [3.05, 3.63) is 48.3 Å². The van der Waals surface area contributed by atoms with Crippen LogP contribution in [0.25, 0.3) is 22.3 Å². The second-order valence-corrected chi connectivity index (χ2v) is 8.39. The summed E-state index contributed by atoms with van der Waals surface area (Å²) < 4.78 is 33.9. The lowest BCUT2D eigenvalue weighted by atomic mass is 9.95. The van der Waals surface area contributed by atoms with E-state index in [-0.39, 0.29) is 18.5 Å². The zero-order chi connectivity index (χ0) is 20.3. The lowest BCUT2D eigenvalue weighted by molar-refractivity contribution is -0.0124. The molecule has 2 saturated heterocycles. The predicted molar refractivity (Wildman–Crippen MR) is 109 cm³/mol. The first-order valence-corrected chi connectivity index (χ1v) is 10.2. The molecule has 30 heavy (non-hydrogen) atoms. The molecule has 154 valence electrons. The highest BCUT2D eigenvalue weighted by molar-refractivity contribution is 5.78. The van der Waals surface area contributed by atoms with Gasteiger partial charge >= 0.3 is 0 Å². The molecular formula is C22H21F2N5O. The number of fused-ring (bicyclic) bond motifs is 5. The van der Waals surface area contributed by atoms with Crippen molar-refractivity contribution in [1.82, 2.24) is 20.5 Å². The molecule has 0 amide bonds. The van der Waals surface area contributed by atoms with Gasteiger partial charge in [-0.25, -0.2) is 8.78 Å². The van der Waals surface area contributed by atoms with E-state index in [1.165, 1.54) is 0 Å². The number of aromatic nitrogens is 3. The number of halogens is 2. The summed E-state index contributed by atoms with van der Waals surface area (Å²) in [5, 5.41) is 13.2. The zero-order valence-corrected chi connectivity index (χ0v) is 16.2. The van der Waals surface area contributed by atoms with Gasteiger partial charge in [0.1, 0.15) is 12.4 Å². The van der Waals surface area contributed by atoms with Crippen molar-refractivity contribution in [3.8, 4) is 28.1 Å². The van der Waals surface area contributed by atoms with Crippen molar-refractivity contribution in [3.63, 3.8) is 0 Å². The fraction of sp³-hybridized carbons (Fsp3) is 0.364. The molecule has 0 aliphatic carbocycles. The smallest absolute Gasteiger partial charge is 0.264 e. The van der Waals surface area contributed by atoms with Crippen LogP contribution in [0.3, 0.4) is 0 Å². The summed E-state index contributed by atoms with van der Waals surface area (Å²) >= 11 is 0. The minimum Gasteiger partial charge on any atom is -0.472 e. The van der Waals surface area contributed by atoms with Crippen LogP contribution in [0.15, 0.2) is 42.7 Å². The summed E-state index contributed by atoms with van der Waals surface area (Å²) in [4.78, 5) is 4.63. The van der Waals surface area contributed by atoms with Gasteiger partial charge in [-0.1, -0.05) is 12.1 Å². The van der Waals surface area contributed by atoms with Crippen LogP contribution in [0.2, 0.25) is 0 Å². The molecule has 6 rings (SSSR count). The second-order valence-electron chi connectivity index (χ2n) is 8.39. The van der Waals surface area contributed by atoms with Crippen LogP contribution >= 0.6 is 0 Å². The average molecular weight is 409 g/mol. The Morgan fingerprint density at radius 3 is 2.83 bits per heavy atom. The van der Waals surface area contributed by atoms with E-state index in [0.717, 1.165) is 27.8 Å². The van der Waals surface area contributed by atoms with Crippen LogP contribution in [0.5, 0.6) is 5.88 Å². The summed E-state index contributed by atoms with van der Waals surface area (Å²) in [6.07, 6.45) is 4.64. The van der Waals surface area contributed by atoms with Gasteiger partial charge in [0.15, 0.2) is 0 Å². The molecule has 0 spiro atoms. The largest absolute Gasteiger partial charge is 0.472 e. The van der Waals surface area contributed by atoms with Crippen LogP contribution in [-0.4, -0.2) is 39.2 Å². The van der Waals surface area contributed by atoms with Crippen LogP contribution < -0.4 is 15.4 Å². The molecule has 2 aromatic heterocycles. The Morgan fingerprint density at radius 2 is 2.00 bits per heavy atom.